The molecular formula is C18H16O5. The van der Waals surface area contributed by atoms with Crippen molar-refractivity contribution in [2.24, 2.45) is 0 Å². The molecule has 0 heterocycles. The molecule has 1 aromatic carbocycles. The third-order valence-electron chi connectivity index (χ3n) is 5.57. The summed E-state index contributed by atoms with van der Waals surface area (Å²) in [6, 6.07) is 3.46. The number of ether oxygens (including phenoxy) is 1. The van der Waals surface area contributed by atoms with E-state index in [-0.39, 0.29) is 23.7 Å². The fraction of sp³-hybridized carbons (Fsp3) is 0.389. The molecule has 0 amide bonds. The first-order valence-corrected chi connectivity index (χ1v) is 7.60. The Morgan fingerprint density at radius 3 is 2.57 bits per heavy atom. The van der Waals surface area contributed by atoms with Gasteiger partial charge in [0.1, 0.15) is 5.60 Å². The van der Waals surface area contributed by atoms with Crippen LogP contribution in [0.25, 0.3) is 0 Å². The Morgan fingerprint density at radius 2 is 1.87 bits per heavy atom. The third-order valence-corrected chi connectivity index (χ3v) is 5.57. The normalized spacial score (nSPS) is 31.6. The number of carbonyl (C=O) groups is 3. The number of ketones is 3. The fourth-order valence-electron chi connectivity index (χ4n) is 4.20. The number of fused-ring (bicyclic) bond motifs is 5. The molecule has 0 aromatic heterocycles. The predicted molar refractivity (Wildman–Crippen MR) is 80.4 cm³/mol. The van der Waals surface area contributed by atoms with Gasteiger partial charge in [0.2, 0.25) is 0 Å². The molecule has 0 unspecified atom stereocenters. The Labute approximate surface area is 132 Å². The lowest BCUT2D eigenvalue weighted by Gasteiger charge is -2.39. The summed E-state index contributed by atoms with van der Waals surface area (Å²) in [4.78, 5) is 37.1. The Hall–Kier alpha value is -2.27. The van der Waals surface area contributed by atoms with Crippen LogP contribution >= 0.6 is 0 Å². The average molecular weight is 312 g/mol. The fourth-order valence-corrected chi connectivity index (χ4v) is 4.20. The molecule has 0 spiro atoms. The minimum atomic E-state index is -1.81. The number of hydrogen-bond acceptors (Lipinski definition) is 5. The van der Waals surface area contributed by atoms with Crippen LogP contribution in [0.3, 0.4) is 0 Å². The third kappa shape index (κ3) is 1.48. The molecule has 3 aliphatic carbocycles. The zero-order valence-electron chi connectivity index (χ0n) is 12.9. The summed E-state index contributed by atoms with van der Waals surface area (Å²) in [5, 5.41) is 11.1. The van der Waals surface area contributed by atoms with E-state index in [9.17, 15) is 19.5 Å². The van der Waals surface area contributed by atoms with Gasteiger partial charge in [0.05, 0.1) is 18.9 Å². The first-order chi connectivity index (χ1) is 10.8. The molecule has 0 radical (unpaired) electrons. The van der Waals surface area contributed by atoms with Gasteiger partial charge in [0, 0.05) is 17.5 Å². The largest absolute Gasteiger partial charge is 0.493 e. The highest BCUT2D eigenvalue weighted by Crippen LogP contribution is 2.53. The van der Waals surface area contributed by atoms with E-state index in [0.717, 1.165) is 0 Å². The minimum absolute atomic E-state index is 0.0202. The Bertz CT molecular complexity index is 834. The molecule has 0 saturated heterocycles. The molecule has 118 valence electrons. The zero-order valence-corrected chi connectivity index (χ0v) is 12.9. The summed E-state index contributed by atoms with van der Waals surface area (Å²) in [5.74, 6) is -0.663. The number of allylic oxidation sites excluding steroid dienone is 1. The minimum Gasteiger partial charge on any atom is -0.493 e. The second-order valence-corrected chi connectivity index (χ2v) is 6.64. The number of Topliss-reactive ketones (excluding diaryl/α,β-unsaturated/α-hetero) is 3. The Kier molecular flexibility index (Phi) is 2.60. The molecule has 5 nitrogen and oxygen atoms in total. The second-order valence-electron chi connectivity index (χ2n) is 6.64. The summed E-state index contributed by atoms with van der Waals surface area (Å²) in [6.45, 7) is 1.74. The molecule has 3 aliphatic rings. The van der Waals surface area contributed by atoms with Crippen molar-refractivity contribution < 1.29 is 24.2 Å². The van der Waals surface area contributed by atoms with Crippen LogP contribution < -0.4 is 0 Å². The lowest BCUT2D eigenvalue weighted by atomic mass is 9.67. The van der Waals surface area contributed by atoms with Crippen LogP contribution in [0.1, 0.15) is 51.6 Å². The van der Waals surface area contributed by atoms with Gasteiger partial charge in [-0.2, -0.15) is 0 Å². The molecule has 2 atom stereocenters. The first-order valence-electron chi connectivity index (χ1n) is 7.60. The van der Waals surface area contributed by atoms with Crippen molar-refractivity contribution in [2.45, 2.75) is 37.2 Å². The number of rotatable bonds is 1. The highest BCUT2D eigenvalue weighted by Gasteiger charge is 2.63. The van der Waals surface area contributed by atoms with E-state index in [2.05, 4.69) is 0 Å². The molecule has 23 heavy (non-hydrogen) atoms. The molecule has 5 heteroatoms. The zero-order chi connectivity index (χ0) is 16.6. The molecule has 0 bridgehead atoms. The standard InChI is InChI=1S/C18H16O5/c1-17-8-14(23-2)13(20)7-18(17,22)16(21)15-10-4-6-12(19)9(10)3-5-11(15)17/h3,5,8,22H,4,6-7H2,1-2H3/t17-,18-/m1/s1. The van der Waals surface area contributed by atoms with Crippen molar-refractivity contribution in [3.05, 3.63) is 46.2 Å². The summed E-state index contributed by atoms with van der Waals surface area (Å²) in [5.41, 5.74) is -0.485. The highest BCUT2D eigenvalue weighted by molar-refractivity contribution is 6.17. The number of hydrogen-bond donors (Lipinski definition) is 1. The van der Waals surface area contributed by atoms with E-state index in [1.807, 2.05) is 0 Å². The van der Waals surface area contributed by atoms with Gasteiger partial charge in [-0.15, -0.1) is 0 Å². The van der Waals surface area contributed by atoms with Crippen molar-refractivity contribution in [1.82, 2.24) is 0 Å². The lowest BCUT2D eigenvalue weighted by molar-refractivity contribution is -0.125. The van der Waals surface area contributed by atoms with Gasteiger partial charge < -0.3 is 9.84 Å². The molecular weight excluding hydrogens is 296 g/mol. The van der Waals surface area contributed by atoms with Gasteiger partial charge >= 0.3 is 0 Å². The highest BCUT2D eigenvalue weighted by atomic mass is 16.5. The smallest absolute Gasteiger partial charge is 0.200 e. The average Bonchev–Trinajstić information content (AvgIpc) is 2.97. The molecule has 1 aromatic rings. The summed E-state index contributed by atoms with van der Waals surface area (Å²) in [6.07, 6.45) is 2.13. The topological polar surface area (TPSA) is 80.7 Å². The van der Waals surface area contributed by atoms with E-state index in [4.69, 9.17) is 4.74 Å². The number of aliphatic hydroxyl groups is 1. The van der Waals surface area contributed by atoms with Crippen LogP contribution in [0, 0.1) is 0 Å². The Morgan fingerprint density at radius 1 is 1.13 bits per heavy atom. The van der Waals surface area contributed by atoms with E-state index < -0.39 is 16.8 Å². The van der Waals surface area contributed by atoms with Crippen LogP contribution in [0.15, 0.2) is 24.0 Å². The Balaban J connectivity index is 2.03. The summed E-state index contributed by atoms with van der Waals surface area (Å²) in [7, 11) is 1.40. The van der Waals surface area contributed by atoms with Crippen LogP contribution in [-0.4, -0.2) is 35.2 Å². The number of carbonyl (C=O) groups excluding carboxylic acids is 3. The lowest BCUT2D eigenvalue weighted by Crippen LogP contribution is -2.53. The van der Waals surface area contributed by atoms with Crippen LogP contribution in [0.5, 0.6) is 0 Å². The molecule has 0 fully saturated rings. The van der Waals surface area contributed by atoms with E-state index >= 15 is 0 Å². The maximum absolute atomic E-state index is 13.0. The second kappa shape index (κ2) is 4.17. The molecule has 1 N–H and O–H groups in total. The number of methoxy groups -OCH3 is 1. The van der Waals surface area contributed by atoms with Gasteiger partial charge in [-0.1, -0.05) is 12.1 Å². The van der Waals surface area contributed by atoms with E-state index in [0.29, 0.717) is 35.1 Å². The van der Waals surface area contributed by atoms with Gasteiger partial charge in [-0.05, 0) is 30.5 Å². The summed E-state index contributed by atoms with van der Waals surface area (Å²) < 4.78 is 5.12. The maximum Gasteiger partial charge on any atom is 0.200 e. The van der Waals surface area contributed by atoms with E-state index in [1.165, 1.54) is 7.11 Å². The van der Waals surface area contributed by atoms with Crippen molar-refractivity contribution >= 4 is 17.3 Å². The quantitative estimate of drug-likeness (QED) is 0.850. The van der Waals surface area contributed by atoms with Gasteiger partial charge in [-0.25, -0.2) is 0 Å². The van der Waals surface area contributed by atoms with Crippen molar-refractivity contribution in [3.8, 4) is 0 Å². The van der Waals surface area contributed by atoms with Crippen LogP contribution in [0.4, 0.5) is 0 Å². The van der Waals surface area contributed by atoms with Crippen LogP contribution in [-0.2, 0) is 21.4 Å². The molecule has 0 aliphatic heterocycles. The van der Waals surface area contributed by atoms with Crippen molar-refractivity contribution in [3.63, 3.8) is 0 Å². The van der Waals surface area contributed by atoms with Crippen molar-refractivity contribution in [1.29, 1.82) is 0 Å². The first kappa shape index (κ1) is 14.3. The number of benzene rings is 1. The van der Waals surface area contributed by atoms with Crippen LogP contribution in [0.2, 0.25) is 0 Å². The molecule has 0 saturated carbocycles. The van der Waals surface area contributed by atoms with Crippen molar-refractivity contribution in [2.75, 3.05) is 7.11 Å². The summed E-state index contributed by atoms with van der Waals surface area (Å²) >= 11 is 0. The SMILES string of the molecule is COC1=C[C@]2(C)c3ccc4c(c3C(=O)[C@]2(O)CC1=O)CCC4=O. The van der Waals surface area contributed by atoms with E-state index in [1.54, 1.807) is 25.1 Å². The van der Waals surface area contributed by atoms with Gasteiger partial charge in [-0.3, -0.25) is 14.4 Å². The van der Waals surface area contributed by atoms with Gasteiger partial charge in [0.25, 0.3) is 0 Å². The molecule has 4 rings (SSSR count). The maximum atomic E-state index is 13.0. The predicted octanol–water partition coefficient (Wildman–Crippen LogP) is 1.50. The monoisotopic (exact) mass is 312 g/mol. The van der Waals surface area contributed by atoms with Gasteiger partial charge in [0.15, 0.2) is 23.1 Å².